The Labute approximate surface area is 140 Å². The molecular weight excluding hydrogens is 320 g/mol. The first kappa shape index (κ1) is 19.9. The SMILES string of the molecule is CC(OC(=O)c1ccccc1OC(F)F)C(=O)N(C(C)C)C(C)C. The van der Waals surface area contributed by atoms with Crippen LogP contribution in [0.4, 0.5) is 8.78 Å². The number of nitrogens with zero attached hydrogens (tertiary/aromatic N) is 1. The lowest BCUT2D eigenvalue weighted by Crippen LogP contribution is -2.47. The third-order valence-corrected chi connectivity index (χ3v) is 3.32. The number of esters is 1. The Hall–Kier alpha value is -2.18. The Morgan fingerprint density at radius 2 is 1.54 bits per heavy atom. The highest BCUT2D eigenvalue weighted by Gasteiger charge is 2.28. The lowest BCUT2D eigenvalue weighted by atomic mass is 10.2. The number of hydrogen-bond acceptors (Lipinski definition) is 4. The smallest absolute Gasteiger partial charge is 0.387 e. The molecule has 0 aliphatic rings. The van der Waals surface area contributed by atoms with Crippen molar-refractivity contribution in [3.63, 3.8) is 0 Å². The number of para-hydroxylation sites is 1. The number of carbonyl (C=O) groups is 2. The molecule has 0 heterocycles. The number of ether oxygens (including phenoxy) is 2. The number of rotatable bonds is 7. The maximum atomic E-state index is 12.5. The Morgan fingerprint density at radius 3 is 2.04 bits per heavy atom. The van der Waals surface area contributed by atoms with Gasteiger partial charge in [0.15, 0.2) is 6.10 Å². The highest BCUT2D eigenvalue weighted by atomic mass is 19.3. The largest absolute Gasteiger partial charge is 0.449 e. The van der Waals surface area contributed by atoms with Crippen LogP contribution in [0.5, 0.6) is 5.75 Å². The molecule has 24 heavy (non-hydrogen) atoms. The van der Waals surface area contributed by atoms with Gasteiger partial charge in [0.2, 0.25) is 0 Å². The van der Waals surface area contributed by atoms with Crippen molar-refractivity contribution < 1.29 is 27.8 Å². The van der Waals surface area contributed by atoms with Crippen molar-refractivity contribution in [2.45, 2.75) is 59.4 Å². The second-order valence-electron chi connectivity index (χ2n) is 5.86. The molecule has 0 saturated heterocycles. The van der Waals surface area contributed by atoms with Crippen LogP contribution in [0.2, 0.25) is 0 Å². The minimum atomic E-state index is -3.06. The van der Waals surface area contributed by atoms with Crippen LogP contribution < -0.4 is 4.74 Å². The van der Waals surface area contributed by atoms with Gasteiger partial charge in [-0.2, -0.15) is 8.78 Å². The molecule has 5 nitrogen and oxygen atoms in total. The molecule has 0 aliphatic heterocycles. The highest BCUT2D eigenvalue weighted by Crippen LogP contribution is 2.22. The van der Waals surface area contributed by atoms with E-state index in [1.807, 2.05) is 27.7 Å². The molecule has 0 aliphatic carbocycles. The summed E-state index contributed by atoms with van der Waals surface area (Å²) in [7, 11) is 0. The molecule has 134 valence electrons. The topological polar surface area (TPSA) is 55.8 Å². The molecule has 0 bridgehead atoms. The zero-order chi connectivity index (χ0) is 18.4. The summed E-state index contributed by atoms with van der Waals surface area (Å²) >= 11 is 0. The molecule has 0 saturated carbocycles. The molecule has 1 aromatic carbocycles. The molecule has 1 amide bonds. The van der Waals surface area contributed by atoms with Gasteiger partial charge in [0, 0.05) is 12.1 Å². The maximum Gasteiger partial charge on any atom is 0.387 e. The Kier molecular flexibility index (Phi) is 7.13. The van der Waals surface area contributed by atoms with Gasteiger partial charge in [-0.05, 0) is 46.8 Å². The molecular formula is C17H23F2NO4. The summed E-state index contributed by atoms with van der Waals surface area (Å²) in [6.45, 7) is 5.83. The van der Waals surface area contributed by atoms with E-state index in [1.54, 1.807) is 4.90 Å². The van der Waals surface area contributed by atoms with Gasteiger partial charge in [0.25, 0.3) is 5.91 Å². The third kappa shape index (κ3) is 5.18. The van der Waals surface area contributed by atoms with Crippen LogP contribution in [0.1, 0.15) is 45.0 Å². The van der Waals surface area contributed by atoms with Crippen LogP contribution in [-0.2, 0) is 9.53 Å². The standard InChI is InChI=1S/C17H23F2NO4/c1-10(2)20(11(3)4)15(21)12(5)23-16(22)13-8-6-7-9-14(13)24-17(18)19/h6-12,17H,1-5H3. The molecule has 1 unspecified atom stereocenters. The average Bonchev–Trinajstić information content (AvgIpc) is 2.46. The molecule has 0 aromatic heterocycles. The van der Waals surface area contributed by atoms with Crippen molar-refractivity contribution in [1.29, 1.82) is 0 Å². The summed E-state index contributed by atoms with van der Waals surface area (Å²) in [4.78, 5) is 26.3. The van der Waals surface area contributed by atoms with Gasteiger partial charge in [-0.3, -0.25) is 4.79 Å². The van der Waals surface area contributed by atoms with Crippen molar-refractivity contribution in [3.8, 4) is 5.75 Å². The molecule has 7 heteroatoms. The van der Waals surface area contributed by atoms with Gasteiger partial charge in [-0.15, -0.1) is 0 Å². The summed E-state index contributed by atoms with van der Waals surface area (Å²) in [5.74, 6) is -1.53. The Bertz CT molecular complexity index is 567. The minimum absolute atomic E-state index is 0.0619. The van der Waals surface area contributed by atoms with E-state index in [9.17, 15) is 18.4 Å². The maximum absolute atomic E-state index is 12.5. The fourth-order valence-corrected chi connectivity index (χ4v) is 2.42. The molecule has 0 fully saturated rings. The number of carbonyl (C=O) groups excluding carboxylic acids is 2. The van der Waals surface area contributed by atoms with E-state index in [0.29, 0.717) is 0 Å². The molecule has 0 N–H and O–H groups in total. The van der Waals surface area contributed by atoms with Gasteiger partial charge in [-0.1, -0.05) is 12.1 Å². The molecule has 0 spiro atoms. The normalized spacial score (nSPS) is 12.4. The van der Waals surface area contributed by atoms with Crippen LogP contribution in [-0.4, -0.2) is 41.6 Å². The summed E-state index contributed by atoms with van der Waals surface area (Å²) in [5, 5.41) is 0. The number of amides is 1. The van der Waals surface area contributed by atoms with Crippen LogP contribution >= 0.6 is 0 Å². The summed E-state index contributed by atoms with van der Waals surface area (Å²) in [6, 6.07) is 5.38. The number of halogens is 2. The number of hydrogen-bond donors (Lipinski definition) is 0. The van der Waals surface area contributed by atoms with Gasteiger partial charge in [0.05, 0.1) is 0 Å². The van der Waals surface area contributed by atoms with E-state index in [0.717, 1.165) is 0 Å². The zero-order valence-corrected chi connectivity index (χ0v) is 14.5. The minimum Gasteiger partial charge on any atom is -0.449 e. The van der Waals surface area contributed by atoms with Gasteiger partial charge in [-0.25, -0.2) is 4.79 Å². The molecule has 1 atom stereocenters. The van der Waals surface area contributed by atoms with Crippen molar-refractivity contribution in [2.24, 2.45) is 0 Å². The summed E-state index contributed by atoms with van der Waals surface area (Å²) in [6.07, 6.45) is -1.04. The van der Waals surface area contributed by atoms with E-state index in [1.165, 1.54) is 31.2 Å². The van der Waals surface area contributed by atoms with Crippen LogP contribution in [0.3, 0.4) is 0 Å². The van der Waals surface area contributed by atoms with Gasteiger partial charge >= 0.3 is 12.6 Å². The van der Waals surface area contributed by atoms with Crippen LogP contribution in [0.15, 0.2) is 24.3 Å². The van der Waals surface area contributed by atoms with E-state index >= 15 is 0 Å². The number of benzene rings is 1. The van der Waals surface area contributed by atoms with E-state index in [2.05, 4.69) is 4.74 Å². The van der Waals surface area contributed by atoms with Crippen LogP contribution in [0.25, 0.3) is 0 Å². The van der Waals surface area contributed by atoms with E-state index in [-0.39, 0.29) is 29.3 Å². The Balaban J connectivity index is 2.89. The first-order valence-corrected chi connectivity index (χ1v) is 7.72. The van der Waals surface area contributed by atoms with Crippen LogP contribution in [0, 0.1) is 0 Å². The van der Waals surface area contributed by atoms with Crippen molar-refractivity contribution >= 4 is 11.9 Å². The number of alkyl halides is 2. The first-order valence-electron chi connectivity index (χ1n) is 7.72. The average molecular weight is 343 g/mol. The lowest BCUT2D eigenvalue weighted by molar-refractivity contribution is -0.143. The fourth-order valence-electron chi connectivity index (χ4n) is 2.42. The highest BCUT2D eigenvalue weighted by molar-refractivity contribution is 5.94. The second-order valence-corrected chi connectivity index (χ2v) is 5.86. The Morgan fingerprint density at radius 1 is 1.00 bits per heavy atom. The van der Waals surface area contributed by atoms with Crippen molar-refractivity contribution in [3.05, 3.63) is 29.8 Å². The predicted molar refractivity (Wildman–Crippen MR) is 85.1 cm³/mol. The summed E-state index contributed by atoms with van der Waals surface area (Å²) < 4.78 is 34.3. The van der Waals surface area contributed by atoms with Crippen molar-refractivity contribution in [2.75, 3.05) is 0 Å². The monoisotopic (exact) mass is 343 g/mol. The molecule has 0 radical (unpaired) electrons. The van der Waals surface area contributed by atoms with E-state index < -0.39 is 18.7 Å². The lowest BCUT2D eigenvalue weighted by Gasteiger charge is -2.32. The summed E-state index contributed by atoms with van der Waals surface area (Å²) in [5.41, 5.74) is -0.155. The van der Waals surface area contributed by atoms with Gasteiger partial charge < -0.3 is 14.4 Å². The third-order valence-electron chi connectivity index (χ3n) is 3.32. The first-order chi connectivity index (χ1) is 11.1. The zero-order valence-electron chi connectivity index (χ0n) is 14.5. The fraction of sp³-hybridized carbons (Fsp3) is 0.529. The predicted octanol–water partition coefficient (Wildman–Crippen LogP) is 3.48. The molecule has 1 rings (SSSR count). The molecule has 1 aromatic rings. The van der Waals surface area contributed by atoms with Gasteiger partial charge in [0.1, 0.15) is 11.3 Å². The van der Waals surface area contributed by atoms with Crippen molar-refractivity contribution in [1.82, 2.24) is 4.90 Å². The second kappa shape index (κ2) is 8.61. The van der Waals surface area contributed by atoms with E-state index in [4.69, 9.17) is 4.74 Å². The quantitative estimate of drug-likeness (QED) is 0.711.